The minimum absolute atomic E-state index is 0.0358. The maximum absolute atomic E-state index is 12.9. The minimum Gasteiger partial charge on any atom is -0.456 e. The number of anilines is 1. The Morgan fingerprint density at radius 2 is 1.66 bits per heavy atom. The number of nitrogens with one attached hydrogen (secondary N) is 1. The monoisotopic (exact) mass is 430 g/mol. The normalized spacial score (nSPS) is 11.9. The summed E-state index contributed by atoms with van der Waals surface area (Å²) in [6.45, 7) is 6.96. The molecule has 0 aliphatic rings. The molecule has 29 heavy (non-hydrogen) atoms. The van der Waals surface area contributed by atoms with Crippen LogP contribution in [0.5, 0.6) is 0 Å². The Balaban J connectivity index is 2.05. The zero-order valence-electron chi connectivity index (χ0n) is 16.6. The molecule has 3 aromatic rings. The van der Waals surface area contributed by atoms with Crippen LogP contribution >= 0.6 is 11.3 Å². The first-order chi connectivity index (χ1) is 13.6. The second kappa shape index (κ2) is 7.96. The molecule has 0 bridgehead atoms. The molecule has 6 nitrogen and oxygen atoms in total. The molecule has 8 heteroatoms. The van der Waals surface area contributed by atoms with Crippen LogP contribution in [0.25, 0.3) is 10.6 Å². The van der Waals surface area contributed by atoms with Crippen molar-refractivity contribution >= 4 is 33.1 Å². The Hall–Kier alpha value is -2.71. The van der Waals surface area contributed by atoms with Crippen LogP contribution in [0.2, 0.25) is 0 Å². The highest BCUT2D eigenvalue weighted by Crippen LogP contribution is 2.33. The third-order valence-corrected chi connectivity index (χ3v) is 6.43. The van der Waals surface area contributed by atoms with Crippen molar-refractivity contribution in [1.29, 1.82) is 0 Å². The molecule has 0 aliphatic carbocycles. The molecule has 2 aromatic carbocycles. The Morgan fingerprint density at radius 3 is 2.28 bits per heavy atom. The average molecular weight is 431 g/mol. The Bertz CT molecular complexity index is 1130. The lowest BCUT2D eigenvalue weighted by atomic mass is 10.2. The smallest absolute Gasteiger partial charge is 0.352 e. The molecule has 0 radical (unpaired) electrons. The van der Waals surface area contributed by atoms with Crippen molar-refractivity contribution in [3.8, 4) is 10.6 Å². The molecular weight excluding hydrogens is 408 g/mol. The zero-order chi connectivity index (χ0) is 21.2. The van der Waals surface area contributed by atoms with Crippen LogP contribution in [0.15, 0.2) is 59.5 Å². The highest BCUT2D eigenvalue weighted by Gasteiger charge is 2.28. The summed E-state index contributed by atoms with van der Waals surface area (Å²) in [6.07, 6.45) is 0. The third kappa shape index (κ3) is 5.02. The predicted molar refractivity (Wildman–Crippen MR) is 115 cm³/mol. The summed E-state index contributed by atoms with van der Waals surface area (Å²) in [5, 5.41) is 0.522. The second-order valence-corrected chi connectivity index (χ2v) is 10.1. The predicted octanol–water partition coefficient (Wildman–Crippen LogP) is 4.87. The number of aryl methyl sites for hydroxylation is 1. The van der Waals surface area contributed by atoms with Gasteiger partial charge in [0.25, 0.3) is 10.0 Å². The van der Waals surface area contributed by atoms with E-state index >= 15 is 0 Å². The SMILES string of the molecule is Cc1ccccc1S(=O)(=O)Nc1nc(-c2ccccc2)sc1C(=O)OC(C)(C)C. The molecule has 1 N–H and O–H groups in total. The number of ether oxygens (including phenoxy) is 1. The van der Waals surface area contributed by atoms with Crippen LogP contribution in [0.1, 0.15) is 36.0 Å². The Kier molecular flexibility index (Phi) is 5.77. The highest BCUT2D eigenvalue weighted by atomic mass is 32.2. The molecule has 0 saturated carbocycles. The molecule has 0 unspecified atom stereocenters. The van der Waals surface area contributed by atoms with Crippen LogP contribution < -0.4 is 4.72 Å². The number of hydrogen-bond donors (Lipinski definition) is 1. The lowest BCUT2D eigenvalue weighted by Crippen LogP contribution is -2.24. The average Bonchev–Trinajstić information content (AvgIpc) is 3.04. The lowest BCUT2D eigenvalue weighted by molar-refractivity contribution is 0.00762. The first kappa shape index (κ1) is 21.0. The van der Waals surface area contributed by atoms with E-state index in [1.165, 1.54) is 6.07 Å². The molecule has 0 spiro atoms. The Labute approximate surface area is 174 Å². The number of nitrogens with zero attached hydrogens (tertiary/aromatic N) is 1. The maximum Gasteiger partial charge on any atom is 0.352 e. The molecular formula is C21H22N2O4S2. The van der Waals surface area contributed by atoms with E-state index in [1.807, 2.05) is 30.3 Å². The zero-order valence-corrected chi connectivity index (χ0v) is 18.2. The van der Waals surface area contributed by atoms with Gasteiger partial charge in [-0.2, -0.15) is 0 Å². The summed E-state index contributed by atoms with van der Waals surface area (Å²) in [6, 6.07) is 15.9. The van der Waals surface area contributed by atoms with Crippen molar-refractivity contribution in [2.75, 3.05) is 4.72 Å². The van der Waals surface area contributed by atoms with Crippen molar-refractivity contribution in [2.24, 2.45) is 0 Å². The van der Waals surface area contributed by atoms with E-state index in [4.69, 9.17) is 4.74 Å². The van der Waals surface area contributed by atoms with Crippen LogP contribution in [-0.2, 0) is 14.8 Å². The standard InChI is InChI=1S/C21H22N2O4S2/c1-14-10-8-9-13-16(14)29(25,26)23-18-17(20(24)27-21(2,3)4)28-19(22-18)15-11-6-5-7-12-15/h5-13,23H,1-4H3. The number of carbonyl (C=O) groups excluding carboxylic acids is 1. The fraction of sp³-hybridized carbons (Fsp3) is 0.238. The van der Waals surface area contributed by atoms with Gasteiger partial charge in [0.05, 0.1) is 4.90 Å². The molecule has 152 valence electrons. The number of sulfonamides is 1. The van der Waals surface area contributed by atoms with Gasteiger partial charge >= 0.3 is 5.97 Å². The largest absolute Gasteiger partial charge is 0.456 e. The van der Waals surface area contributed by atoms with Gasteiger partial charge in [-0.25, -0.2) is 18.2 Å². The van der Waals surface area contributed by atoms with E-state index < -0.39 is 21.6 Å². The van der Waals surface area contributed by atoms with Crippen molar-refractivity contribution in [2.45, 2.75) is 38.2 Å². The van der Waals surface area contributed by atoms with Gasteiger partial charge in [0, 0.05) is 5.56 Å². The summed E-state index contributed by atoms with van der Waals surface area (Å²) < 4.78 is 33.8. The molecule has 0 saturated heterocycles. The van der Waals surface area contributed by atoms with Gasteiger partial charge in [-0.05, 0) is 39.3 Å². The van der Waals surface area contributed by atoms with Crippen molar-refractivity contribution < 1.29 is 17.9 Å². The summed E-state index contributed by atoms with van der Waals surface area (Å²) in [4.78, 5) is 17.4. The van der Waals surface area contributed by atoms with Gasteiger partial charge in [0.2, 0.25) is 0 Å². The van der Waals surface area contributed by atoms with E-state index in [0.29, 0.717) is 10.6 Å². The van der Waals surface area contributed by atoms with Crippen LogP contribution in [0, 0.1) is 6.92 Å². The number of esters is 1. The van der Waals surface area contributed by atoms with Crippen molar-refractivity contribution in [3.05, 3.63) is 65.0 Å². The fourth-order valence-electron chi connectivity index (χ4n) is 2.60. The summed E-state index contributed by atoms with van der Waals surface area (Å²) >= 11 is 1.09. The van der Waals surface area contributed by atoms with Gasteiger partial charge in [-0.3, -0.25) is 4.72 Å². The number of aromatic nitrogens is 1. The van der Waals surface area contributed by atoms with Gasteiger partial charge in [-0.1, -0.05) is 48.5 Å². The van der Waals surface area contributed by atoms with Crippen LogP contribution in [0.4, 0.5) is 5.82 Å². The van der Waals surface area contributed by atoms with Crippen molar-refractivity contribution in [1.82, 2.24) is 4.98 Å². The quantitative estimate of drug-likeness (QED) is 0.584. The maximum atomic E-state index is 12.9. The number of benzene rings is 2. The molecule has 0 amide bonds. The molecule has 3 rings (SSSR count). The number of thiazole rings is 1. The molecule has 0 aliphatic heterocycles. The van der Waals surface area contributed by atoms with E-state index in [0.717, 1.165) is 16.9 Å². The first-order valence-electron chi connectivity index (χ1n) is 8.95. The van der Waals surface area contributed by atoms with E-state index in [2.05, 4.69) is 9.71 Å². The molecule has 1 heterocycles. The summed E-state index contributed by atoms with van der Waals surface area (Å²) in [5.74, 6) is -0.661. The number of carbonyl (C=O) groups is 1. The van der Waals surface area contributed by atoms with Crippen molar-refractivity contribution in [3.63, 3.8) is 0 Å². The second-order valence-electron chi connectivity index (χ2n) is 7.44. The van der Waals surface area contributed by atoms with Crippen LogP contribution in [0.3, 0.4) is 0 Å². The first-order valence-corrected chi connectivity index (χ1v) is 11.2. The summed E-state index contributed by atoms with van der Waals surface area (Å²) in [5.41, 5.74) is 0.654. The van der Waals surface area contributed by atoms with E-state index in [-0.39, 0.29) is 15.6 Å². The Morgan fingerprint density at radius 1 is 1.03 bits per heavy atom. The molecule has 1 aromatic heterocycles. The molecule has 0 atom stereocenters. The fourth-order valence-corrected chi connectivity index (χ4v) is 4.83. The van der Waals surface area contributed by atoms with Gasteiger partial charge < -0.3 is 4.74 Å². The summed E-state index contributed by atoms with van der Waals surface area (Å²) in [7, 11) is -3.93. The van der Waals surface area contributed by atoms with Gasteiger partial charge in [0.15, 0.2) is 10.7 Å². The van der Waals surface area contributed by atoms with Gasteiger partial charge in [0.1, 0.15) is 10.6 Å². The lowest BCUT2D eigenvalue weighted by Gasteiger charge is -2.19. The van der Waals surface area contributed by atoms with E-state index in [9.17, 15) is 13.2 Å². The highest BCUT2D eigenvalue weighted by molar-refractivity contribution is 7.92. The topological polar surface area (TPSA) is 85.4 Å². The van der Waals surface area contributed by atoms with E-state index in [1.54, 1.807) is 45.9 Å². The molecule has 0 fully saturated rings. The van der Waals surface area contributed by atoms with Gasteiger partial charge in [-0.15, -0.1) is 11.3 Å². The third-order valence-electron chi connectivity index (χ3n) is 3.85. The number of rotatable bonds is 5. The number of hydrogen-bond acceptors (Lipinski definition) is 6. The van der Waals surface area contributed by atoms with Crippen LogP contribution in [-0.4, -0.2) is 25.0 Å². The minimum atomic E-state index is -3.93.